The standard InChI is InChI=1S/C10H20N2O/c1-3-8(2)10(13)12-6-4-5-9(12)7-11/h8-9H,3-7,11H2,1-2H3. The number of rotatable bonds is 3. The van der Waals surface area contributed by atoms with E-state index in [0.29, 0.717) is 12.6 Å². The molecule has 2 unspecified atom stereocenters. The largest absolute Gasteiger partial charge is 0.338 e. The van der Waals surface area contributed by atoms with E-state index in [-0.39, 0.29) is 11.8 Å². The molecule has 1 amide bonds. The minimum Gasteiger partial charge on any atom is -0.338 e. The maximum Gasteiger partial charge on any atom is 0.225 e. The van der Waals surface area contributed by atoms with E-state index in [2.05, 4.69) is 6.92 Å². The lowest BCUT2D eigenvalue weighted by molar-refractivity contribution is -0.135. The molecule has 1 aliphatic heterocycles. The zero-order chi connectivity index (χ0) is 9.84. The molecule has 2 atom stereocenters. The molecule has 0 bridgehead atoms. The zero-order valence-electron chi connectivity index (χ0n) is 8.62. The molecule has 0 aromatic heterocycles. The molecule has 0 aromatic carbocycles. The number of nitrogens with two attached hydrogens (primary N) is 1. The van der Waals surface area contributed by atoms with Crippen LogP contribution >= 0.6 is 0 Å². The Hall–Kier alpha value is -0.570. The van der Waals surface area contributed by atoms with Crippen molar-refractivity contribution in [1.82, 2.24) is 4.90 Å². The molecule has 0 spiro atoms. The Balaban J connectivity index is 2.54. The summed E-state index contributed by atoms with van der Waals surface area (Å²) in [5.74, 6) is 0.447. The molecule has 0 saturated carbocycles. The normalized spacial score (nSPS) is 24.8. The van der Waals surface area contributed by atoms with Gasteiger partial charge in [-0.25, -0.2) is 0 Å². The first-order valence-electron chi connectivity index (χ1n) is 5.21. The summed E-state index contributed by atoms with van der Waals surface area (Å²) in [6, 6.07) is 0.307. The predicted octanol–water partition coefficient (Wildman–Crippen LogP) is 0.982. The molecule has 1 rings (SSSR count). The molecular formula is C10H20N2O. The number of hydrogen-bond acceptors (Lipinski definition) is 2. The van der Waals surface area contributed by atoms with Gasteiger partial charge in [0.1, 0.15) is 0 Å². The number of carbonyl (C=O) groups is 1. The Bertz CT molecular complexity index is 182. The average Bonchev–Trinajstić information content (AvgIpc) is 2.62. The van der Waals surface area contributed by atoms with Crippen LogP contribution in [0.5, 0.6) is 0 Å². The lowest BCUT2D eigenvalue weighted by Gasteiger charge is -2.26. The van der Waals surface area contributed by atoms with E-state index in [0.717, 1.165) is 25.8 Å². The summed E-state index contributed by atoms with van der Waals surface area (Å²) in [5, 5.41) is 0. The van der Waals surface area contributed by atoms with Gasteiger partial charge in [-0.05, 0) is 19.3 Å². The van der Waals surface area contributed by atoms with Crippen LogP contribution in [0.15, 0.2) is 0 Å². The highest BCUT2D eigenvalue weighted by Crippen LogP contribution is 2.19. The fraction of sp³-hybridized carbons (Fsp3) is 0.900. The number of amides is 1. The maximum absolute atomic E-state index is 11.8. The van der Waals surface area contributed by atoms with E-state index in [1.54, 1.807) is 0 Å². The van der Waals surface area contributed by atoms with Gasteiger partial charge in [-0.1, -0.05) is 13.8 Å². The lowest BCUT2D eigenvalue weighted by Crippen LogP contribution is -2.42. The van der Waals surface area contributed by atoms with Crippen molar-refractivity contribution in [3.63, 3.8) is 0 Å². The first kappa shape index (κ1) is 10.5. The number of nitrogens with zero attached hydrogens (tertiary/aromatic N) is 1. The van der Waals surface area contributed by atoms with Crippen LogP contribution in [-0.2, 0) is 4.79 Å². The highest BCUT2D eigenvalue weighted by atomic mass is 16.2. The summed E-state index contributed by atoms with van der Waals surface area (Å²) >= 11 is 0. The second kappa shape index (κ2) is 4.61. The fourth-order valence-corrected chi connectivity index (χ4v) is 1.83. The Morgan fingerprint density at radius 1 is 1.69 bits per heavy atom. The van der Waals surface area contributed by atoms with Gasteiger partial charge in [0.25, 0.3) is 0 Å². The Morgan fingerprint density at radius 2 is 2.38 bits per heavy atom. The highest BCUT2D eigenvalue weighted by molar-refractivity contribution is 5.79. The van der Waals surface area contributed by atoms with E-state index >= 15 is 0 Å². The van der Waals surface area contributed by atoms with Crippen LogP contribution in [0, 0.1) is 5.92 Å². The van der Waals surface area contributed by atoms with Gasteiger partial charge in [0.05, 0.1) is 0 Å². The van der Waals surface area contributed by atoms with Crippen molar-refractivity contribution >= 4 is 5.91 Å². The summed E-state index contributed by atoms with van der Waals surface area (Å²) in [5.41, 5.74) is 5.61. The lowest BCUT2D eigenvalue weighted by atomic mass is 10.1. The van der Waals surface area contributed by atoms with Crippen molar-refractivity contribution in [2.75, 3.05) is 13.1 Å². The summed E-state index contributed by atoms with van der Waals surface area (Å²) in [4.78, 5) is 13.8. The number of hydrogen-bond donors (Lipinski definition) is 1. The Morgan fingerprint density at radius 3 is 2.92 bits per heavy atom. The van der Waals surface area contributed by atoms with Gasteiger partial charge < -0.3 is 10.6 Å². The predicted molar refractivity (Wildman–Crippen MR) is 53.2 cm³/mol. The third kappa shape index (κ3) is 2.21. The van der Waals surface area contributed by atoms with Gasteiger partial charge in [0, 0.05) is 25.0 Å². The molecule has 3 nitrogen and oxygen atoms in total. The zero-order valence-corrected chi connectivity index (χ0v) is 8.62. The van der Waals surface area contributed by atoms with Gasteiger partial charge in [0.15, 0.2) is 0 Å². The fourth-order valence-electron chi connectivity index (χ4n) is 1.83. The van der Waals surface area contributed by atoms with Gasteiger partial charge in [0.2, 0.25) is 5.91 Å². The summed E-state index contributed by atoms with van der Waals surface area (Å²) in [7, 11) is 0. The molecule has 2 N–H and O–H groups in total. The molecule has 0 aromatic rings. The second-order valence-electron chi connectivity index (χ2n) is 3.87. The van der Waals surface area contributed by atoms with E-state index in [1.165, 1.54) is 0 Å². The number of carbonyl (C=O) groups excluding carboxylic acids is 1. The van der Waals surface area contributed by atoms with Gasteiger partial charge in [-0.2, -0.15) is 0 Å². The first-order chi connectivity index (χ1) is 6.20. The van der Waals surface area contributed by atoms with E-state index in [4.69, 9.17) is 5.73 Å². The summed E-state index contributed by atoms with van der Waals surface area (Å²) in [6.45, 7) is 5.57. The molecule has 1 aliphatic rings. The van der Waals surface area contributed by atoms with E-state index < -0.39 is 0 Å². The van der Waals surface area contributed by atoms with Crippen LogP contribution in [-0.4, -0.2) is 29.9 Å². The maximum atomic E-state index is 11.8. The SMILES string of the molecule is CCC(C)C(=O)N1CCCC1CN. The van der Waals surface area contributed by atoms with Gasteiger partial charge in [-0.3, -0.25) is 4.79 Å². The second-order valence-corrected chi connectivity index (χ2v) is 3.87. The van der Waals surface area contributed by atoms with Crippen molar-refractivity contribution in [2.45, 2.75) is 39.2 Å². The smallest absolute Gasteiger partial charge is 0.225 e. The Labute approximate surface area is 80.3 Å². The van der Waals surface area contributed by atoms with Crippen LogP contribution in [0.1, 0.15) is 33.1 Å². The molecule has 0 aliphatic carbocycles. The van der Waals surface area contributed by atoms with Gasteiger partial charge >= 0.3 is 0 Å². The van der Waals surface area contributed by atoms with Crippen LogP contribution < -0.4 is 5.73 Å². The van der Waals surface area contributed by atoms with Crippen molar-refractivity contribution in [3.05, 3.63) is 0 Å². The van der Waals surface area contributed by atoms with Crippen LogP contribution in [0.4, 0.5) is 0 Å². The van der Waals surface area contributed by atoms with Crippen LogP contribution in [0.2, 0.25) is 0 Å². The molecule has 1 fully saturated rings. The van der Waals surface area contributed by atoms with E-state index in [1.807, 2.05) is 11.8 Å². The third-order valence-electron chi connectivity index (χ3n) is 2.97. The molecule has 1 saturated heterocycles. The molecular weight excluding hydrogens is 164 g/mol. The molecule has 13 heavy (non-hydrogen) atoms. The molecule has 0 radical (unpaired) electrons. The first-order valence-corrected chi connectivity index (χ1v) is 5.21. The quantitative estimate of drug-likeness (QED) is 0.710. The topological polar surface area (TPSA) is 46.3 Å². The average molecular weight is 184 g/mol. The minimum atomic E-state index is 0.159. The van der Waals surface area contributed by atoms with E-state index in [9.17, 15) is 4.79 Å². The molecule has 3 heteroatoms. The molecule has 76 valence electrons. The summed E-state index contributed by atoms with van der Waals surface area (Å²) < 4.78 is 0. The Kier molecular flexibility index (Phi) is 3.72. The van der Waals surface area contributed by atoms with Gasteiger partial charge in [-0.15, -0.1) is 0 Å². The van der Waals surface area contributed by atoms with Crippen molar-refractivity contribution in [3.8, 4) is 0 Å². The highest BCUT2D eigenvalue weighted by Gasteiger charge is 2.29. The summed E-state index contributed by atoms with van der Waals surface area (Å²) in [6.07, 6.45) is 3.12. The monoisotopic (exact) mass is 184 g/mol. The van der Waals surface area contributed by atoms with Crippen molar-refractivity contribution in [1.29, 1.82) is 0 Å². The van der Waals surface area contributed by atoms with Crippen molar-refractivity contribution < 1.29 is 4.79 Å². The minimum absolute atomic E-state index is 0.159. The van der Waals surface area contributed by atoms with Crippen LogP contribution in [0.3, 0.4) is 0 Å². The number of likely N-dealkylation sites (tertiary alicyclic amines) is 1. The van der Waals surface area contributed by atoms with Crippen LogP contribution in [0.25, 0.3) is 0 Å². The third-order valence-corrected chi connectivity index (χ3v) is 2.97. The molecule has 1 heterocycles. The van der Waals surface area contributed by atoms with Crippen molar-refractivity contribution in [2.24, 2.45) is 11.7 Å².